The molecule has 38 heavy (non-hydrogen) atoms. The van der Waals surface area contributed by atoms with Gasteiger partial charge in [0.05, 0.1) is 25.0 Å². The minimum atomic E-state index is -0.199. The normalized spacial score (nSPS) is 22.3. The largest absolute Gasteiger partial charge is 0.378 e. The summed E-state index contributed by atoms with van der Waals surface area (Å²) >= 11 is 0. The summed E-state index contributed by atoms with van der Waals surface area (Å²) in [6, 6.07) is 6.12. The zero-order chi connectivity index (χ0) is 26.2. The first kappa shape index (κ1) is 25.0. The second kappa shape index (κ2) is 10.5. The van der Waals surface area contributed by atoms with E-state index in [2.05, 4.69) is 45.9 Å². The van der Waals surface area contributed by atoms with Crippen LogP contribution in [0.2, 0.25) is 0 Å². The van der Waals surface area contributed by atoms with Gasteiger partial charge in [-0.15, -0.1) is 0 Å². The van der Waals surface area contributed by atoms with Crippen LogP contribution < -0.4 is 4.90 Å². The first-order chi connectivity index (χ1) is 18.5. The van der Waals surface area contributed by atoms with Crippen molar-refractivity contribution in [2.24, 2.45) is 17.8 Å². The van der Waals surface area contributed by atoms with Crippen LogP contribution in [0, 0.1) is 17.8 Å². The van der Waals surface area contributed by atoms with E-state index in [0.29, 0.717) is 55.6 Å². The quantitative estimate of drug-likeness (QED) is 0.414. The summed E-state index contributed by atoms with van der Waals surface area (Å²) in [7, 11) is 0. The molecule has 1 unspecified atom stereocenters. The van der Waals surface area contributed by atoms with Crippen molar-refractivity contribution in [3.63, 3.8) is 0 Å². The van der Waals surface area contributed by atoms with Crippen LogP contribution in [0.5, 0.6) is 0 Å². The number of anilines is 1. The highest BCUT2D eigenvalue weighted by Crippen LogP contribution is 2.37. The van der Waals surface area contributed by atoms with Gasteiger partial charge < -0.3 is 14.5 Å². The van der Waals surface area contributed by atoms with Gasteiger partial charge in [0.1, 0.15) is 0 Å². The molecule has 3 aliphatic rings. The van der Waals surface area contributed by atoms with Crippen LogP contribution in [0.4, 0.5) is 5.69 Å². The second-order valence-corrected chi connectivity index (χ2v) is 11.2. The third-order valence-corrected chi connectivity index (χ3v) is 8.90. The molecular formula is C30H37N5O3. The number of fused-ring (bicyclic) bond motifs is 2. The highest BCUT2D eigenvalue weighted by Gasteiger charge is 2.34. The SMILES string of the molecule is CCC(Cc1cc2c(cc1N1CCOCC1)C(=O)N(C[C@H]1CCC[C@@H]1C)C2)C(=O)c1cnn2cccnc12. The Balaban J connectivity index is 1.31. The maximum absolute atomic E-state index is 13.7. The van der Waals surface area contributed by atoms with E-state index in [1.807, 2.05) is 12.3 Å². The molecule has 6 rings (SSSR count). The van der Waals surface area contributed by atoms with Crippen molar-refractivity contribution in [1.82, 2.24) is 19.5 Å². The van der Waals surface area contributed by atoms with E-state index in [4.69, 9.17) is 4.74 Å². The minimum absolute atomic E-state index is 0.0718. The number of morpholine rings is 1. The Hall–Kier alpha value is -3.26. The van der Waals surface area contributed by atoms with Gasteiger partial charge in [0.15, 0.2) is 11.4 Å². The van der Waals surface area contributed by atoms with Crippen molar-refractivity contribution in [3.05, 3.63) is 59.0 Å². The third kappa shape index (κ3) is 4.59. The highest BCUT2D eigenvalue weighted by atomic mass is 16.5. The van der Waals surface area contributed by atoms with Crippen LogP contribution in [0.1, 0.15) is 71.4 Å². The molecule has 0 bridgehead atoms. The van der Waals surface area contributed by atoms with Gasteiger partial charge in [0.25, 0.3) is 5.91 Å². The lowest BCUT2D eigenvalue weighted by Crippen LogP contribution is -2.37. The van der Waals surface area contributed by atoms with E-state index in [0.717, 1.165) is 42.0 Å². The topological polar surface area (TPSA) is 80.0 Å². The second-order valence-electron chi connectivity index (χ2n) is 11.2. The van der Waals surface area contributed by atoms with Crippen LogP contribution in [-0.4, -0.2) is 64.0 Å². The Kier molecular flexibility index (Phi) is 6.91. The molecule has 1 saturated carbocycles. The summed E-state index contributed by atoms with van der Waals surface area (Å²) in [6.07, 6.45) is 10.2. The van der Waals surface area contributed by atoms with Crippen LogP contribution in [0.3, 0.4) is 0 Å². The Morgan fingerprint density at radius 3 is 2.82 bits per heavy atom. The van der Waals surface area contributed by atoms with E-state index >= 15 is 0 Å². The number of rotatable bonds is 8. The molecule has 1 aromatic carbocycles. The third-order valence-electron chi connectivity index (χ3n) is 8.90. The molecule has 1 aliphatic carbocycles. The molecule has 3 atom stereocenters. The molecule has 1 saturated heterocycles. The number of ketones is 1. The lowest BCUT2D eigenvalue weighted by Gasteiger charge is -2.31. The summed E-state index contributed by atoms with van der Waals surface area (Å²) in [5.74, 6) is 1.29. The van der Waals surface area contributed by atoms with Gasteiger partial charge in [0, 0.05) is 55.7 Å². The number of hydrogen-bond donors (Lipinski definition) is 0. The molecular weight excluding hydrogens is 478 g/mol. The zero-order valence-electron chi connectivity index (χ0n) is 22.4. The summed E-state index contributed by atoms with van der Waals surface area (Å²) < 4.78 is 7.27. The van der Waals surface area contributed by atoms with Gasteiger partial charge in [-0.2, -0.15) is 5.10 Å². The number of aromatic nitrogens is 3. The summed E-state index contributed by atoms with van der Waals surface area (Å²) in [5.41, 5.74) is 5.29. The summed E-state index contributed by atoms with van der Waals surface area (Å²) in [6.45, 7) is 8.79. The first-order valence-corrected chi connectivity index (χ1v) is 14.1. The fourth-order valence-electron chi connectivity index (χ4n) is 6.56. The molecule has 0 spiro atoms. The Bertz CT molecular complexity index is 1340. The number of carbonyl (C=O) groups is 2. The predicted octanol–water partition coefficient (Wildman–Crippen LogP) is 4.41. The predicted molar refractivity (Wildman–Crippen MR) is 146 cm³/mol. The molecule has 0 radical (unpaired) electrons. The van der Waals surface area contributed by atoms with Crippen LogP contribution in [0.25, 0.3) is 5.65 Å². The van der Waals surface area contributed by atoms with Gasteiger partial charge >= 0.3 is 0 Å². The fraction of sp³-hybridized carbons (Fsp3) is 0.533. The molecule has 2 aliphatic heterocycles. The number of benzene rings is 1. The van der Waals surface area contributed by atoms with Crippen molar-refractivity contribution < 1.29 is 14.3 Å². The van der Waals surface area contributed by atoms with Crippen LogP contribution in [-0.2, 0) is 17.7 Å². The number of Topliss-reactive ketones (excluding diaryl/α,β-unsaturated/α-hetero) is 1. The summed E-state index contributed by atoms with van der Waals surface area (Å²) in [4.78, 5) is 36.0. The van der Waals surface area contributed by atoms with Gasteiger partial charge in [-0.25, -0.2) is 9.50 Å². The number of amides is 1. The maximum atomic E-state index is 13.7. The van der Waals surface area contributed by atoms with Gasteiger partial charge in [-0.3, -0.25) is 9.59 Å². The minimum Gasteiger partial charge on any atom is -0.378 e. The molecule has 2 fully saturated rings. The Labute approximate surface area is 224 Å². The van der Waals surface area contributed by atoms with Gasteiger partial charge in [0.2, 0.25) is 0 Å². The van der Waals surface area contributed by atoms with E-state index in [1.54, 1.807) is 16.9 Å². The average Bonchev–Trinajstić information content (AvgIpc) is 3.64. The van der Waals surface area contributed by atoms with Crippen molar-refractivity contribution >= 4 is 23.0 Å². The van der Waals surface area contributed by atoms with Crippen LogP contribution in [0.15, 0.2) is 36.8 Å². The van der Waals surface area contributed by atoms with Crippen molar-refractivity contribution in [2.75, 3.05) is 37.7 Å². The molecule has 200 valence electrons. The number of hydrogen-bond acceptors (Lipinski definition) is 6. The first-order valence-electron chi connectivity index (χ1n) is 14.1. The standard InChI is InChI=1S/C30H37N5O3/c1-3-21(28(36)26-17-32-35-9-5-8-31-29(26)35)14-23-15-24-19-34(18-22-7-4-6-20(22)2)30(37)25(24)16-27(23)33-10-12-38-13-11-33/h5,8-9,15-17,20-22H,3-4,6-7,10-14,18-19H2,1-2H3/t20-,21?,22+/m0/s1. The molecule has 0 N–H and O–H groups in total. The fourth-order valence-corrected chi connectivity index (χ4v) is 6.56. The van der Waals surface area contributed by atoms with E-state index in [1.165, 1.54) is 19.3 Å². The highest BCUT2D eigenvalue weighted by molar-refractivity contribution is 6.03. The number of ether oxygens (including phenoxy) is 1. The van der Waals surface area contributed by atoms with Crippen molar-refractivity contribution in [3.8, 4) is 0 Å². The maximum Gasteiger partial charge on any atom is 0.254 e. The molecule has 4 heterocycles. The number of nitrogens with zero attached hydrogens (tertiary/aromatic N) is 5. The molecule has 1 amide bonds. The Morgan fingerprint density at radius 1 is 1.21 bits per heavy atom. The van der Waals surface area contributed by atoms with Crippen molar-refractivity contribution in [1.29, 1.82) is 0 Å². The smallest absolute Gasteiger partial charge is 0.254 e. The number of carbonyl (C=O) groups excluding carboxylic acids is 2. The molecule has 2 aromatic heterocycles. The van der Waals surface area contributed by atoms with E-state index in [-0.39, 0.29) is 17.6 Å². The van der Waals surface area contributed by atoms with Gasteiger partial charge in [-0.05, 0) is 54.4 Å². The molecule has 8 nitrogen and oxygen atoms in total. The zero-order valence-corrected chi connectivity index (χ0v) is 22.4. The van der Waals surface area contributed by atoms with Crippen molar-refractivity contribution in [2.45, 2.75) is 52.5 Å². The van der Waals surface area contributed by atoms with E-state index < -0.39 is 0 Å². The molecule has 3 aromatic rings. The Morgan fingerprint density at radius 2 is 2.05 bits per heavy atom. The average molecular weight is 516 g/mol. The van der Waals surface area contributed by atoms with Gasteiger partial charge in [-0.1, -0.05) is 32.8 Å². The lowest BCUT2D eigenvalue weighted by atomic mass is 9.88. The van der Waals surface area contributed by atoms with Crippen LogP contribution >= 0.6 is 0 Å². The monoisotopic (exact) mass is 515 g/mol. The summed E-state index contributed by atoms with van der Waals surface area (Å²) in [5, 5.41) is 4.33. The lowest BCUT2D eigenvalue weighted by molar-refractivity contribution is 0.0741. The van der Waals surface area contributed by atoms with E-state index in [9.17, 15) is 9.59 Å². The molecule has 8 heteroatoms.